The summed E-state index contributed by atoms with van der Waals surface area (Å²) in [6, 6.07) is 10.0. The first-order valence-electron chi connectivity index (χ1n) is 7.25. The van der Waals surface area contributed by atoms with Gasteiger partial charge in [0.25, 0.3) is 0 Å². The quantitative estimate of drug-likeness (QED) is 0.691. The zero-order valence-electron chi connectivity index (χ0n) is 12.8. The van der Waals surface area contributed by atoms with Crippen molar-refractivity contribution in [2.24, 2.45) is 0 Å². The number of ether oxygens (including phenoxy) is 2. The summed E-state index contributed by atoms with van der Waals surface area (Å²) < 4.78 is 25.8. The minimum Gasteiger partial charge on any atom is -0.490 e. The third-order valence-electron chi connectivity index (χ3n) is 3.24. The fourth-order valence-corrected chi connectivity index (χ4v) is 2.71. The van der Waals surface area contributed by atoms with E-state index in [4.69, 9.17) is 9.47 Å². The third-order valence-corrected chi connectivity index (χ3v) is 3.83. The van der Waals surface area contributed by atoms with Crippen LogP contribution in [0.25, 0.3) is 11.4 Å². The number of aromatic amines is 1. The van der Waals surface area contributed by atoms with Gasteiger partial charge in [-0.1, -0.05) is 18.2 Å². The molecule has 0 aliphatic rings. The van der Waals surface area contributed by atoms with Crippen LogP contribution in [0.2, 0.25) is 0 Å². The summed E-state index contributed by atoms with van der Waals surface area (Å²) in [4.78, 5) is 0. The number of nitrogens with zero attached hydrogens (tertiary/aromatic N) is 3. The molecule has 24 heavy (non-hydrogen) atoms. The van der Waals surface area contributed by atoms with E-state index in [0.717, 1.165) is 5.56 Å². The van der Waals surface area contributed by atoms with Gasteiger partial charge in [-0.2, -0.15) is 5.21 Å². The average molecular weight is 393 g/mol. The predicted octanol–water partition coefficient (Wildman–Crippen LogP) is 3.75. The third kappa shape index (κ3) is 3.53. The van der Waals surface area contributed by atoms with Gasteiger partial charge in [0.1, 0.15) is 12.4 Å². The van der Waals surface area contributed by atoms with E-state index in [2.05, 4.69) is 36.6 Å². The molecule has 0 aliphatic heterocycles. The molecule has 0 amide bonds. The predicted molar refractivity (Wildman–Crippen MR) is 89.2 cm³/mol. The summed E-state index contributed by atoms with van der Waals surface area (Å²) in [5, 5.41) is 13.9. The Balaban J connectivity index is 1.90. The van der Waals surface area contributed by atoms with E-state index in [1.807, 2.05) is 6.92 Å². The van der Waals surface area contributed by atoms with Crippen molar-refractivity contribution >= 4 is 15.9 Å². The van der Waals surface area contributed by atoms with Gasteiger partial charge in [0, 0.05) is 11.1 Å². The average Bonchev–Trinajstić information content (AvgIpc) is 3.10. The molecule has 0 unspecified atom stereocenters. The van der Waals surface area contributed by atoms with Crippen LogP contribution in [-0.4, -0.2) is 27.2 Å². The van der Waals surface area contributed by atoms with E-state index >= 15 is 0 Å². The molecule has 0 bridgehead atoms. The van der Waals surface area contributed by atoms with E-state index in [-0.39, 0.29) is 12.4 Å². The second-order valence-corrected chi connectivity index (χ2v) is 5.69. The monoisotopic (exact) mass is 392 g/mol. The Morgan fingerprint density at radius 3 is 2.75 bits per heavy atom. The van der Waals surface area contributed by atoms with Gasteiger partial charge in [0.2, 0.25) is 5.82 Å². The van der Waals surface area contributed by atoms with Gasteiger partial charge in [-0.15, -0.1) is 10.2 Å². The Bertz CT molecular complexity index is 827. The molecule has 0 spiro atoms. The summed E-state index contributed by atoms with van der Waals surface area (Å²) in [5.41, 5.74) is 1.19. The summed E-state index contributed by atoms with van der Waals surface area (Å²) in [5.74, 6) is 1.14. The lowest BCUT2D eigenvalue weighted by molar-refractivity contribution is 0.264. The zero-order valence-corrected chi connectivity index (χ0v) is 14.4. The summed E-state index contributed by atoms with van der Waals surface area (Å²) >= 11 is 3.46. The maximum Gasteiger partial charge on any atom is 0.204 e. The van der Waals surface area contributed by atoms with Crippen LogP contribution in [0.3, 0.4) is 0 Å². The highest BCUT2D eigenvalue weighted by atomic mass is 79.9. The molecular formula is C16H14BrFN4O2. The molecule has 0 saturated heterocycles. The van der Waals surface area contributed by atoms with Gasteiger partial charge in [0.05, 0.1) is 11.1 Å². The van der Waals surface area contributed by atoms with Crippen molar-refractivity contribution in [3.8, 4) is 22.9 Å². The van der Waals surface area contributed by atoms with Gasteiger partial charge < -0.3 is 9.47 Å². The number of tetrazole rings is 1. The molecule has 8 heteroatoms. The van der Waals surface area contributed by atoms with Crippen molar-refractivity contribution in [2.75, 3.05) is 6.61 Å². The fourth-order valence-electron chi connectivity index (χ4n) is 2.15. The SMILES string of the molecule is CCOc1cc(-c2nn[nH]n2)cc(Br)c1OCc1ccccc1F. The molecule has 1 heterocycles. The van der Waals surface area contributed by atoms with Crippen molar-refractivity contribution in [3.63, 3.8) is 0 Å². The molecule has 3 aromatic rings. The van der Waals surface area contributed by atoms with Crippen LogP contribution in [0.1, 0.15) is 12.5 Å². The van der Waals surface area contributed by atoms with Crippen LogP contribution < -0.4 is 9.47 Å². The zero-order chi connectivity index (χ0) is 16.9. The number of hydrogen-bond acceptors (Lipinski definition) is 5. The molecule has 0 radical (unpaired) electrons. The van der Waals surface area contributed by atoms with Gasteiger partial charge in [0.15, 0.2) is 11.5 Å². The van der Waals surface area contributed by atoms with Crippen LogP contribution in [0.5, 0.6) is 11.5 Å². The molecule has 1 N–H and O–H groups in total. The number of nitrogens with one attached hydrogen (secondary N) is 1. The van der Waals surface area contributed by atoms with Gasteiger partial charge in [-0.3, -0.25) is 0 Å². The highest BCUT2D eigenvalue weighted by Crippen LogP contribution is 2.39. The van der Waals surface area contributed by atoms with Crippen molar-refractivity contribution in [2.45, 2.75) is 13.5 Å². The van der Waals surface area contributed by atoms with E-state index in [0.29, 0.717) is 34.0 Å². The molecule has 0 aliphatic carbocycles. The Morgan fingerprint density at radius 1 is 1.21 bits per heavy atom. The van der Waals surface area contributed by atoms with E-state index in [1.54, 1.807) is 30.3 Å². The Morgan fingerprint density at radius 2 is 2.04 bits per heavy atom. The molecular weight excluding hydrogens is 379 g/mol. The first-order valence-corrected chi connectivity index (χ1v) is 8.04. The lowest BCUT2D eigenvalue weighted by atomic mass is 10.2. The largest absolute Gasteiger partial charge is 0.490 e. The number of hydrogen-bond donors (Lipinski definition) is 1. The molecule has 1 aromatic heterocycles. The molecule has 0 fully saturated rings. The van der Waals surface area contributed by atoms with Gasteiger partial charge in [-0.25, -0.2) is 4.39 Å². The van der Waals surface area contributed by atoms with Crippen LogP contribution >= 0.6 is 15.9 Å². The Hall–Kier alpha value is -2.48. The van der Waals surface area contributed by atoms with Crippen LogP contribution in [0, 0.1) is 5.82 Å². The first kappa shape index (κ1) is 16.4. The van der Waals surface area contributed by atoms with Gasteiger partial charge >= 0.3 is 0 Å². The number of H-pyrrole nitrogens is 1. The normalized spacial score (nSPS) is 10.6. The molecule has 124 valence electrons. The van der Waals surface area contributed by atoms with Crippen molar-refractivity contribution in [1.82, 2.24) is 20.6 Å². The summed E-state index contributed by atoms with van der Waals surface area (Å²) in [6.07, 6.45) is 0. The van der Waals surface area contributed by atoms with Crippen molar-refractivity contribution in [3.05, 3.63) is 52.3 Å². The fraction of sp³-hybridized carbons (Fsp3) is 0.188. The molecule has 6 nitrogen and oxygen atoms in total. The lowest BCUT2D eigenvalue weighted by Crippen LogP contribution is -2.02. The highest BCUT2D eigenvalue weighted by molar-refractivity contribution is 9.10. The lowest BCUT2D eigenvalue weighted by Gasteiger charge is -2.15. The van der Waals surface area contributed by atoms with Crippen molar-refractivity contribution in [1.29, 1.82) is 0 Å². The van der Waals surface area contributed by atoms with Gasteiger partial charge in [-0.05, 0) is 46.3 Å². The maximum atomic E-state index is 13.7. The molecule has 0 atom stereocenters. The standard InChI is InChI=1S/C16H14BrFN4O2/c1-2-23-14-8-11(16-19-21-22-20-16)7-12(17)15(14)24-9-10-5-3-4-6-13(10)18/h3-8H,2,9H2,1H3,(H,19,20,21,22). The second-order valence-electron chi connectivity index (χ2n) is 4.83. The number of rotatable bonds is 6. The Kier molecular flexibility index (Phi) is 5.05. The number of halogens is 2. The molecule has 2 aromatic carbocycles. The number of benzene rings is 2. The van der Waals surface area contributed by atoms with E-state index in [9.17, 15) is 4.39 Å². The highest BCUT2D eigenvalue weighted by Gasteiger charge is 2.16. The summed E-state index contributed by atoms with van der Waals surface area (Å²) in [7, 11) is 0. The van der Waals surface area contributed by atoms with Crippen molar-refractivity contribution < 1.29 is 13.9 Å². The van der Waals surface area contributed by atoms with Crippen LogP contribution in [0.4, 0.5) is 4.39 Å². The van der Waals surface area contributed by atoms with E-state index in [1.165, 1.54) is 6.07 Å². The minimum absolute atomic E-state index is 0.0902. The topological polar surface area (TPSA) is 72.9 Å². The first-order chi connectivity index (χ1) is 11.7. The second kappa shape index (κ2) is 7.39. The number of aromatic nitrogens is 4. The Labute approximate surface area is 146 Å². The molecule has 0 saturated carbocycles. The van der Waals surface area contributed by atoms with E-state index < -0.39 is 0 Å². The van der Waals surface area contributed by atoms with Crippen LogP contribution in [-0.2, 0) is 6.61 Å². The maximum absolute atomic E-state index is 13.7. The summed E-state index contributed by atoms with van der Waals surface area (Å²) in [6.45, 7) is 2.42. The smallest absolute Gasteiger partial charge is 0.204 e. The minimum atomic E-state index is -0.310. The molecule has 3 rings (SSSR count). The van der Waals surface area contributed by atoms with Crippen LogP contribution in [0.15, 0.2) is 40.9 Å².